The summed E-state index contributed by atoms with van der Waals surface area (Å²) in [7, 11) is 12.1. The molecule has 16 heavy (non-hydrogen) atoms. The molecule has 0 amide bonds. The van der Waals surface area contributed by atoms with Crippen LogP contribution in [0.1, 0.15) is 0 Å². The highest BCUT2D eigenvalue weighted by molar-refractivity contribution is 7.17. The van der Waals surface area contributed by atoms with Crippen molar-refractivity contribution in [3.05, 3.63) is 0 Å². The molecule has 0 atom stereocenters. The van der Waals surface area contributed by atoms with Crippen molar-refractivity contribution in [2.75, 3.05) is 68.6 Å². The van der Waals surface area contributed by atoms with E-state index in [0.29, 0.717) is 6.61 Å². The third-order valence-electron chi connectivity index (χ3n) is 1.68. The molecule has 0 saturated heterocycles. The summed E-state index contributed by atoms with van der Waals surface area (Å²) in [5.41, 5.74) is 0. The Kier molecular flexibility index (Phi) is 10.3. The van der Waals surface area contributed by atoms with Crippen LogP contribution in [0.25, 0.3) is 0 Å². The Morgan fingerprint density at radius 1 is 1.00 bits per heavy atom. The van der Waals surface area contributed by atoms with Gasteiger partial charge in [-0.15, -0.1) is 0 Å². The van der Waals surface area contributed by atoms with Crippen molar-refractivity contribution in [2.24, 2.45) is 0 Å². The first kappa shape index (κ1) is 18.3. The molecule has 0 aromatic rings. The summed E-state index contributed by atoms with van der Waals surface area (Å²) in [5, 5.41) is 8.39. The van der Waals surface area contributed by atoms with Crippen LogP contribution in [0.2, 0.25) is 0 Å². The lowest BCUT2D eigenvalue weighted by Crippen LogP contribution is -2.37. The van der Waals surface area contributed by atoms with E-state index in [0.717, 1.165) is 22.1 Å². The van der Waals surface area contributed by atoms with E-state index in [1.54, 1.807) is 0 Å². The van der Waals surface area contributed by atoms with Crippen LogP contribution in [0, 0.1) is 0 Å². The van der Waals surface area contributed by atoms with Crippen LogP contribution in [0.3, 0.4) is 0 Å². The zero-order valence-corrected chi connectivity index (χ0v) is 12.3. The third kappa shape index (κ3) is 23.6. The van der Waals surface area contributed by atoms with Gasteiger partial charge in [-0.05, 0) is 0 Å². The van der Waals surface area contributed by atoms with Gasteiger partial charge in [0.2, 0.25) is 0 Å². The van der Waals surface area contributed by atoms with Gasteiger partial charge in [-0.25, -0.2) is 4.57 Å². The van der Waals surface area contributed by atoms with Gasteiger partial charge in [0.25, 0.3) is 0 Å². The summed E-state index contributed by atoms with van der Waals surface area (Å²) in [5.74, 6) is 0. The maximum absolute atomic E-state index is 9.76. The highest BCUT2D eigenvalue weighted by Crippen LogP contribution is 1.96. The molecular formula is C10H27N2O3P+2. The maximum atomic E-state index is 9.76. The molecule has 0 fully saturated rings. The van der Waals surface area contributed by atoms with Gasteiger partial charge >= 0.3 is 8.69 Å². The first-order valence-electron chi connectivity index (χ1n) is 5.29. The summed E-state index contributed by atoms with van der Waals surface area (Å²) in [6.07, 6.45) is 0. The monoisotopic (exact) mass is 254 g/mol. The van der Waals surface area contributed by atoms with Crippen LogP contribution in [0.5, 0.6) is 0 Å². The molecular weight excluding hydrogens is 227 g/mol. The first-order valence-corrected chi connectivity index (χ1v) is 6.02. The molecule has 0 aromatic carbocycles. The number of aliphatic hydroxyl groups excluding tert-OH is 1. The van der Waals surface area contributed by atoms with E-state index in [1.165, 1.54) is 0 Å². The molecule has 0 aromatic heterocycles. The molecule has 6 heteroatoms. The van der Waals surface area contributed by atoms with E-state index in [2.05, 4.69) is 46.8 Å². The Morgan fingerprint density at radius 2 is 1.44 bits per heavy atom. The highest BCUT2D eigenvalue weighted by atomic mass is 31.1. The summed E-state index contributed by atoms with van der Waals surface area (Å²) in [4.78, 5) is 0. The van der Waals surface area contributed by atoms with Gasteiger partial charge < -0.3 is 14.1 Å². The summed E-state index contributed by atoms with van der Waals surface area (Å²) < 4.78 is 16.1. The Morgan fingerprint density at radius 3 is 1.62 bits per heavy atom. The Balaban J connectivity index is 0. The number of aliphatic hydroxyl groups is 1. The molecule has 0 spiro atoms. The average molecular weight is 254 g/mol. The maximum Gasteiger partial charge on any atom is 0.327 e. The number of quaternary nitrogens is 2. The molecule has 0 bridgehead atoms. The number of likely N-dealkylation sites (N-methyl/N-ethyl adjacent to an activating group) is 2. The molecule has 1 N–H and O–H groups in total. The lowest BCUT2D eigenvalue weighted by atomic mass is 10.5. The number of hydrogen-bond acceptors (Lipinski definition) is 3. The minimum Gasteiger partial charge on any atom is -0.391 e. The van der Waals surface area contributed by atoms with Crippen molar-refractivity contribution in [1.82, 2.24) is 0 Å². The smallest absolute Gasteiger partial charge is 0.327 e. The molecule has 5 nitrogen and oxygen atoms in total. The second kappa shape index (κ2) is 9.02. The minimum atomic E-state index is -0.217. The highest BCUT2D eigenvalue weighted by Gasteiger charge is 2.04. The van der Waals surface area contributed by atoms with Crippen LogP contribution in [0.4, 0.5) is 0 Å². The lowest BCUT2D eigenvalue weighted by Gasteiger charge is -2.22. The molecule has 0 heterocycles. The largest absolute Gasteiger partial charge is 0.391 e. The fourth-order valence-electron chi connectivity index (χ4n) is 0.652. The van der Waals surface area contributed by atoms with E-state index in [1.807, 2.05) is 0 Å². The number of nitrogens with zero attached hydrogens (tertiary/aromatic N) is 2. The molecule has 0 aliphatic heterocycles. The van der Waals surface area contributed by atoms with Crippen molar-refractivity contribution in [3.8, 4) is 0 Å². The van der Waals surface area contributed by atoms with Crippen molar-refractivity contribution in [3.63, 3.8) is 0 Å². The van der Waals surface area contributed by atoms with Crippen LogP contribution < -0.4 is 0 Å². The van der Waals surface area contributed by atoms with Crippen molar-refractivity contribution < 1.29 is 23.2 Å². The Hall–Kier alpha value is -0.0600. The lowest BCUT2D eigenvalue weighted by molar-refractivity contribution is -0.870. The van der Waals surface area contributed by atoms with Gasteiger partial charge in [-0.2, -0.15) is 0 Å². The van der Waals surface area contributed by atoms with E-state index >= 15 is 0 Å². The molecule has 0 aliphatic rings. The van der Waals surface area contributed by atoms with Gasteiger partial charge in [0, 0.05) is 0 Å². The molecule has 0 aliphatic carbocycles. The molecule has 0 unspecified atom stereocenters. The fraction of sp³-hybridized carbons (Fsp3) is 1.00. The Bertz CT molecular complexity index is 176. The zero-order chi connectivity index (χ0) is 13.2. The quantitative estimate of drug-likeness (QED) is 0.429. The van der Waals surface area contributed by atoms with E-state index in [9.17, 15) is 4.57 Å². The predicted molar refractivity (Wildman–Crippen MR) is 66.4 cm³/mol. The Labute approximate surface area is 101 Å². The second-order valence-corrected chi connectivity index (χ2v) is 6.07. The van der Waals surface area contributed by atoms with Gasteiger partial charge in [0.1, 0.15) is 19.7 Å². The van der Waals surface area contributed by atoms with E-state index in [4.69, 9.17) is 5.11 Å². The van der Waals surface area contributed by atoms with Crippen LogP contribution in [-0.4, -0.2) is 82.7 Å². The molecule has 0 radical (unpaired) electrons. The van der Waals surface area contributed by atoms with E-state index in [-0.39, 0.29) is 15.3 Å². The van der Waals surface area contributed by atoms with Crippen LogP contribution >= 0.6 is 8.69 Å². The number of rotatable bonds is 6. The summed E-state index contributed by atoms with van der Waals surface area (Å²) in [6, 6.07) is 0. The topological polar surface area (TPSA) is 46.5 Å². The summed E-state index contributed by atoms with van der Waals surface area (Å²) >= 11 is 0. The van der Waals surface area contributed by atoms with Gasteiger partial charge in [-0.3, -0.25) is 4.52 Å². The molecule has 0 rings (SSSR count). The third-order valence-corrected chi connectivity index (χ3v) is 1.96. The predicted octanol–water partition coefficient (Wildman–Crippen LogP) is 0.601. The van der Waals surface area contributed by atoms with Gasteiger partial charge in [-0.1, -0.05) is 0 Å². The van der Waals surface area contributed by atoms with Gasteiger partial charge in [0.15, 0.2) is 0 Å². The van der Waals surface area contributed by atoms with Crippen LogP contribution in [0.15, 0.2) is 0 Å². The van der Waals surface area contributed by atoms with Gasteiger partial charge in [0.05, 0.1) is 48.9 Å². The fourth-order valence-corrected chi connectivity index (χ4v) is 0.808. The second-order valence-electron chi connectivity index (χ2n) is 5.66. The zero-order valence-electron chi connectivity index (χ0n) is 11.4. The molecule has 0 saturated carbocycles. The van der Waals surface area contributed by atoms with Crippen molar-refractivity contribution in [1.29, 1.82) is 0 Å². The average Bonchev–Trinajstić information content (AvgIpc) is 2.01. The first-order chi connectivity index (χ1) is 7.12. The van der Waals surface area contributed by atoms with Crippen molar-refractivity contribution in [2.45, 2.75) is 0 Å². The standard InChI is InChI=1S/C5H13NO2P.C5H14NO/c1-6(2,3)4-5-8-9-7;1-6(2,3)4-5-7/h4-5H2,1-3H3;7H,4-5H2,1-3H3/q2*+1. The normalized spacial score (nSPS) is 12.2. The minimum absolute atomic E-state index is 0.217. The van der Waals surface area contributed by atoms with Crippen molar-refractivity contribution >= 4 is 8.69 Å². The molecule has 98 valence electrons. The number of hydrogen-bond donors (Lipinski definition) is 1. The van der Waals surface area contributed by atoms with Crippen LogP contribution in [-0.2, 0) is 9.09 Å². The van der Waals surface area contributed by atoms with E-state index < -0.39 is 0 Å². The SMILES string of the molecule is C[N+](C)(C)CCO.C[N+](C)(C)CCOP=O. The summed E-state index contributed by atoms with van der Waals surface area (Å²) in [6.45, 7) is 2.55.